The molecule has 0 heterocycles. The first-order valence-electron chi connectivity index (χ1n) is 10.8. The van der Waals surface area contributed by atoms with Crippen LogP contribution in [0.5, 0.6) is 5.75 Å². The summed E-state index contributed by atoms with van der Waals surface area (Å²) < 4.78 is 45.7. The Morgan fingerprint density at radius 1 is 0.800 bits per heavy atom. The van der Waals surface area contributed by atoms with Crippen LogP contribution in [0.15, 0.2) is 72.8 Å². The van der Waals surface area contributed by atoms with Gasteiger partial charge in [-0.1, -0.05) is 69.3 Å². The highest BCUT2D eigenvalue weighted by Crippen LogP contribution is 2.29. The minimum atomic E-state index is -4.80. The lowest BCUT2D eigenvalue weighted by Gasteiger charge is -2.22. The minimum absolute atomic E-state index is 0.0359. The van der Waals surface area contributed by atoms with E-state index in [-0.39, 0.29) is 17.7 Å². The van der Waals surface area contributed by atoms with Crippen molar-refractivity contribution >= 4 is 17.6 Å². The molecule has 0 radical (unpaired) electrons. The quantitative estimate of drug-likeness (QED) is 0.316. The molecule has 5 nitrogen and oxygen atoms in total. The average Bonchev–Trinajstić information content (AvgIpc) is 2.81. The molecule has 0 aliphatic heterocycles. The second kappa shape index (κ2) is 10.2. The average molecular weight is 486 g/mol. The molecule has 0 aliphatic carbocycles. The molecule has 184 valence electrons. The Morgan fingerprint density at radius 3 is 1.77 bits per heavy atom. The summed E-state index contributed by atoms with van der Waals surface area (Å²) in [5, 5.41) is 0. The third kappa shape index (κ3) is 6.85. The first-order chi connectivity index (χ1) is 16.4. The van der Waals surface area contributed by atoms with E-state index in [1.807, 2.05) is 24.3 Å². The van der Waals surface area contributed by atoms with E-state index < -0.39 is 18.2 Å². The van der Waals surface area contributed by atoms with Gasteiger partial charge in [-0.25, -0.2) is 4.79 Å². The molecule has 3 aromatic carbocycles. The van der Waals surface area contributed by atoms with Gasteiger partial charge in [-0.2, -0.15) is 0 Å². The van der Waals surface area contributed by atoms with Gasteiger partial charge in [0.15, 0.2) is 0 Å². The van der Waals surface area contributed by atoms with E-state index in [0.717, 1.165) is 30.4 Å². The van der Waals surface area contributed by atoms with Crippen LogP contribution in [0.1, 0.15) is 31.9 Å². The first-order valence-corrected chi connectivity index (χ1v) is 10.8. The molecule has 35 heavy (non-hydrogen) atoms. The fourth-order valence-corrected chi connectivity index (χ4v) is 3.45. The molecule has 0 saturated carbocycles. The van der Waals surface area contributed by atoms with E-state index in [2.05, 4.69) is 42.4 Å². The number of rotatable bonds is 5. The number of ether oxygens (including phenoxy) is 2. The van der Waals surface area contributed by atoms with Gasteiger partial charge >= 0.3 is 18.2 Å². The Hall–Kier alpha value is -3.81. The number of benzene rings is 3. The predicted octanol–water partition coefficient (Wildman–Crippen LogP) is 6.26. The smallest absolute Gasteiger partial charge is 0.462 e. The molecule has 0 N–H and O–H groups in total. The zero-order valence-corrected chi connectivity index (χ0v) is 19.8. The zero-order chi connectivity index (χ0) is 25.8. The highest BCUT2D eigenvalue weighted by atomic mass is 19.4. The summed E-state index contributed by atoms with van der Waals surface area (Å²) >= 11 is 0. The highest BCUT2D eigenvalue weighted by Gasteiger charge is 2.31. The van der Waals surface area contributed by atoms with E-state index in [9.17, 15) is 22.8 Å². The number of hydrogen-bond donors (Lipinski definition) is 0. The van der Waals surface area contributed by atoms with Crippen molar-refractivity contribution in [1.29, 1.82) is 0 Å². The number of hydrogen-bond acceptors (Lipinski definition) is 4. The predicted molar refractivity (Wildman–Crippen MR) is 127 cm³/mol. The Bertz CT molecular complexity index is 1160. The van der Waals surface area contributed by atoms with Crippen molar-refractivity contribution < 1.29 is 32.2 Å². The molecule has 1 amide bonds. The molecule has 0 saturated heterocycles. The van der Waals surface area contributed by atoms with Crippen molar-refractivity contribution in [3.63, 3.8) is 0 Å². The van der Waals surface area contributed by atoms with Gasteiger partial charge < -0.3 is 9.47 Å². The lowest BCUT2D eigenvalue weighted by molar-refractivity contribution is -0.274. The molecule has 3 aromatic rings. The summed E-state index contributed by atoms with van der Waals surface area (Å²) in [6.07, 6.45) is -4.80. The van der Waals surface area contributed by atoms with E-state index in [1.165, 1.54) is 22.6 Å². The van der Waals surface area contributed by atoms with Crippen LogP contribution in [0, 0.1) is 0 Å². The monoisotopic (exact) mass is 485 g/mol. The SMILES string of the molecule is COC(=O)C(=O)N(Cc1ccc(OC(F)(F)F)cc1)c1ccc(-c2ccc(C(C)(C)C)cc2)cc1. The van der Waals surface area contributed by atoms with E-state index in [0.29, 0.717) is 11.3 Å². The topological polar surface area (TPSA) is 55.8 Å². The van der Waals surface area contributed by atoms with Crippen molar-refractivity contribution in [2.45, 2.75) is 39.1 Å². The third-order valence-electron chi connectivity index (χ3n) is 5.37. The van der Waals surface area contributed by atoms with Crippen molar-refractivity contribution in [2.24, 2.45) is 0 Å². The number of halogens is 3. The summed E-state index contributed by atoms with van der Waals surface area (Å²) in [5.74, 6) is -2.33. The van der Waals surface area contributed by atoms with Crippen molar-refractivity contribution in [1.82, 2.24) is 0 Å². The lowest BCUT2D eigenvalue weighted by Crippen LogP contribution is -2.36. The maximum absolute atomic E-state index is 12.7. The van der Waals surface area contributed by atoms with Gasteiger partial charge in [0.1, 0.15) is 5.75 Å². The molecular weight excluding hydrogens is 459 g/mol. The number of amides is 1. The number of anilines is 1. The molecule has 0 atom stereocenters. The van der Waals surface area contributed by atoms with Gasteiger partial charge in [-0.05, 0) is 51.9 Å². The van der Waals surface area contributed by atoms with Crippen LogP contribution < -0.4 is 9.64 Å². The third-order valence-corrected chi connectivity index (χ3v) is 5.37. The van der Waals surface area contributed by atoms with E-state index in [1.54, 1.807) is 12.1 Å². The van der Waals surface area contributed by atoms with Crippen LogP contribution in [-0.2, 0) is 26.3 Å². The largest absolute Gasteiger partial charge is 0.573 e. The van der Waals surface area contributed by atoms with E-state index in [4.69, 9.17) is 0 Å². The Kier molecular flexibility index (Phi) is 7.53. The molecule has 0 fully saturated rings. The number of alkyl halides is 3. The van der Waals surface area contributed by atoms with Crippen molar-refractivity contribution in [3.05, 3.63) is 83.9 Å². The van der Waals surface area contributed by atoms with Crippen LogP contribution in [0.2, 0.25) is 0 Å². The molecular formula is C27H26F3NO4. The molecule has 0 aromatic heterocycles. The Balaban J connectivity index is 1.85. The van der Waals surface area contributed by atoms with Gasteiger partial charge in [-0.15, -0.1) is 13.2 Å². The number of methoxy groups -OCH3 is 1. The second-order valence-electron chi connectivity index (χ2n) is 8.95. The molecule has 8 heteroatoms. The fraction of sp³-hybridized carbons (Fsp3) is 0.259. The lowest BCUT2D eigenvalue weighted by atomic mass is 9.86. The summed E-state index contributed by atoms with van der Waals surface area (Å²) in [4.78, 5) is 25.9. The van der Waals surface area contributed by atoms with Crippen LogP contribution in [0.25, 0.3) is 11.1 Å². The van der Waals surface area contributed by atoms with Gasteiger partial charge in [0.05, 0.1) is 13.7 Å². The summed E-state index contributed by atoms with van der Waals surface area (Å²) in [5.41, 5.74) is 4.10. The van der Waals surface area contributed by atoms with Crippen LogP contribution in [-0.4, -0.2) is 25.3 Å². The van der Waals surface area contributed by atoms with Gasteiger partial charge in [0.25, 0.3) is 0 Å². The zero-order valence-electron chi connectivity index (χ0n) is 19.8. The van der Waals surface area contributed by atoms with Crippen molar-refractivity contribution in [3.8, 4) is 16.9 Å². The molecule has 0 aliphatic rings. The standard InChI is InChI=1S/C27H26F3NO4/c1-26(2,3)21-11-7-19(8-12-21)20-9-13-22(14-10-20)31(24(32)25(33)34-4)17-18-5-15-23(16-6-18)35-27(28,29)30/h5-16H,17H2,1-4H3. The normalized spacial score (nSPS) is 11.6. The van der Waals surface area contributed by atoms with Crippen LogP contribution in [0.4, 0.5) is 18.9 Å². The Morgan fingerprint density at radius 2 is 1.31 bits per heavy atom. The van der Waals surface area contributed by atoms with E-state index >= 15 is 0 Å². The second-order valence-corrected chi connectivity index (χ2v) is 8.95. The summed E-state index contributed by atoms with van der Waals surface area (Å²) in [7, 11) is 1.10. The first kappa shape index (κ1) is 25.8. The number of esters is 1. The number of nitrogens with zero attached hydrogens (tertiary/aromatic N) is 1. The minimum Gasteiger partial charge on any atom is -0.462 e. The molecule has 0 bridgehead atoms. The van der Waals surface area contributed by atoms with Crippen LogP contribution >= 0.6 is 0 Å². The van der Waals surface area contributed by atoms with Gasteiger partial charge in [0, 0.05) is 5.69 Å². The van der Waals surface area contributed by atoms with Crippen LogP contribution in [0.3, 0.4) is 0 Å². The molecule has 0 spiro atoms. The maximum atomic E-state index is 12.7. The number of carbonyl (C=O) groups excluding carboxylic acids is 2. The summed E-state index contributed by atoms with van der Waals surface area (Å²) in [6.45, 7) is 6.36. The molecule has 3 rings (SSSR count). The van der Waals surface area contributed by atoms with Gasteiger partial charge in [-0.3, -0.25) is 9.69 Å². The Labute approximate surface area is 202 Å². The molecule has 0 unspecified atom stereocenters. The maximum Gasteiger partial charge on any atom is 0.573 e. The van der Waals surface area contributed by atoms with Gasteiger partial charge in [0.2, 0.25) is 0 Å². The fourth-order valence-electron chi connectivity index (χ4n) is 3.45. The van der Waals surface area contributed by atoms with Crippen molar-refractivity contribution in [2.75, 3.05) is 12.0 Å². The highest BCUT2D eigenvalue weighted by molar-refractivity contribution is 6.38. The number of carbonyl (C=O) groups is 2. The summed E-state index contributed by atoms with van der Waals surface area (Å²) in [6, 6.07) is 20.3.